The standard InChI is InChI=1S/C30H50N2O2.C30H48O3.2C29H46O4/c1-18(32-7)19-10-15-30(25(31)34)17-16-28(5)20(24(19)30)8-9-22-27(4)13-12-23(33)26(2,3)21(27)11-14-29(22,28)6;1-18(2)19-10-15-30(25(32)33)17-16-28(6)20(24(19)30)8-9-22-27(5)13-12-23(31)26(3,4)21(27)11-14-29(22,28)7;2*1-17(30)18-9-14-29(24(32)33)16-15-27(5)19(23(18)29)7-8-21-26(4)12-11-22(31)25(2,3)20(26)10-13-28(21,27)6/h19-24,33H,8-17H2,1-7H3,(H2,31,34);19-24,31H,1,8-17H2,2-7H3,(H,32,33);2*18-23,31H,7-16H2,1-6H3,(H,32,33)/t2*19-,20?,21?,22?,23-,24?,27-,28+,29+,30-;2*18-,19?,20?,21?,22-,23?,26-,27+,28+,29-/m0000/s1. The molecule has 0 spiro atoms. The molecule has 15 nitrogen and oxygen atoms in total. The Morgan fingerprint density at radius 2 is 0.489 bits per heavy atom. The van der Waals surface area contributed by atoms with Crippen LogP contribution in [0.3, 0.4) is 0 Å². The van der Waals surface area contributed by atoms with Crippen LogP contribution < -0.4 is 5.73 Å². The predicted octanol–water partition coefficient (Wildman–Crippen LogP) is 25.3. The fraction of sp³-hybridized carbons (Fsp3) is 0.924. The monoisotopic (exact) mass is 1840 g/mol. The average Bonchev–Trinajstić information content (AvgIpc) is 1.67. The number of ketones is 2. The van der Waals surface area contributed by atoms with E-state index in [2.05, 4.69) is 164 Å². The van der Waals surface area contributed by atoms with E-state index in [1.807, 2.05) is 7.05 Å². The van der Waals surface area contributed by atoms with Gasteiger partial charge in [0.05, 0.1) is 46.1 Å². The maximum atomic E-state index is 13.1. The number of amides is 1. The Labute approximate surface area is 804 Å². The summed E-state index contributed by atoms with van der Waals surface area (Å²) in [7, 11) is 1.92. The van der Waals surface area contributed by atoms with Crippen molar-refractivity contribution >= 4 is 41.1 Å². The Bertz CT molecular complexity index is 4280. The van der Waals surface area contributed by atoms with Gasteiger partial charge < -0.3 is 41.5 Å². The van der Waals surface area contributed by atoms with Crippen LogP contribution in [0.1, 0.15) is 423 Å². The lowest BCUT2D eigenvalue weighted by atomic mass is 9.32. The summed E-state index contributed by atoms with van der Waals surface area (Å²) >= 11 is 0. The number of allylic oxidation sites excluding steroid dienone is 1. The van der Waals surface area contributed by atoms with Crippen molar-refractivity contribution in [3.63, 3.8) is 0 Å². The fourth-order valence-electron chi connectivity index (χ4n) is 45.9. The van der Waals surface area contributed by atoms with E-state index >= 15 is 0 Å². The molecule has 0 radical (unpaired) electrons. The molecule has 20 aliphatic rings. The number of Topliss-reactive ketones (excluding diaryl/α,β-unsaturated/α-hetero) is 2. The molecule has 20 saturated carbocycles. The number of carbonyl (C=O) groups is 6. The molecule has 133 heavy (non-hydrogen) atoms. The number of primary amides is 1. The molecular weight excluding hydrogens is 1650 g/mol. The van der Waals surface area contributed by atoms with Gasteiger partial charge in [0.1, 0.15) is 11.6 Å². The highest BCUT2D eigenvalue weighted by Crippen LogP contribution is 2.84. The highest BCUT2D eigenvalue weighted by molar-refractivity contribution is 5.89. The van der Waals surface area contributed by atoms with Gasteiger partial charge in [-0.05, 0) is 472 Å². The molecule has 1 amide bonds. The first-order chi connectivity index (χ1) is 61.6. The van der Waals surface area contributed by atoms with Gasteiger partial charge in [0.15, 0.2) is 0 Å². The van der Waals surface area contributed by atoms with Gasteiger partial charge in [-0.15, -0.1) is 0 Å². The summed E-state index contributed by atoms with van der Waals surface area (Å²) in [6.07, 6.45) is 40.3. The molecule has 0 aromatic carbocycles. The Balaban J connectivity index is 0.000000124. The zero-order valence-corrected chi connectivity index (χ0v) is 88.5. The van der Waals surface area contributed by atoms with Crippen LogP contribution in [0, 0.1) is 227 Å². The van der Waals surface area contributed by atoms with Crippen molar-refractivity contribution < 1.29 is 64.5 Å². The number of carbonyl (C=O) groups excluding carboxylic acids is 3. The van der Waals surface area contributed by atoms with E-state index in [-0.39, 0.29) is 164 Å². The van der Waals surface area contributed by atoms with Crippen LogP contribution in [0.5, 0.6) is 0 Å². The first kappa shape index (κ1) is 101. The molecule has 9 N–H and O–H groups in total. The molecule has 15 heteroatoms. The minimum atomic E-state index is -0.693. The van der Waals surface area contributed by atoms with E-state index in [4.69, 9.17) is 5.73 Å². The number of aliphatic imine (C=N–C) groups is 1. The van der Waals surface area contributed by atoms with Crippen molar-refractivity contribution in [2.75, 3.05) is 7.05 Å². The number of carboxylic acids is 3. The first-order valence-electron chi connectivity index (χ1n) is 55.4. The van der Waals surface area contributed by atoms with Crippen molar-refractivity contribution in [1.29, 1.82) is 0 Å². The summed E-state index contributed by atoms with van der Waals surface area (Å²) in [4.78, 5) is 81.3. The number of aliphatic hydroxyl groups is 4. The van der Waals surface area contributed by atoms with Crippen molar-refractivity contribution in [1.82, 2.24) is 0 Å². The Morgan fingerprint density at radius 1 is 0.263 bits per heavy atom. The molecule has 0 heterocycles. The molecule has 40 atom stereocenters. The topological polar surface area (TPSA) is 282 Å². The number of aliphatic carboxylic acids is 3. The lowest BCUT2D eigenvalue weighted by molar-refractivity contribution is -0.248. The van der Waals surface area contributed by atoms with Gasteiger partial charge in [0, 0.05) is 30.5 Å². The fourth-order valence-corrected chi connectivity index (χ4v) is 45.9. The largest absolute Gasteiger partial charge is 0.481 e. The normalized spacial score (nSPS) is 54.8. The zero-order chi connectivity index (χ0) is 97.5. The van der Waals surface area contributed by atoms with Crippen LogP contribution in [-0.2, 0) is 28.8 Å². The van der Waals surface area contributed by atoms with E-state index < -0.39 is 34.2 Å². The van der Waals surface area contributed by atoms with Gasteiger partial charge in [0.25, 0.3) is 0 Å². The van der Waals surface area contributed by atoms with Crippen LogP contribution in [0.4, 0.5) is 0 Å². The Kier molecular flexibility index (Phi) is 24.7. The molecule has 750 valence electrons. The van der Waals surface area contributed by atoms with E-state index in [0.717, 1.165) is 180 Å². The van der Waals surface area contributed by atoms with Gasteiger partial charge in [-0.2, -0.15) is 0 Å². The molecule has 0 bridgehead atoms. The van der Waals surface area contributed by atoms with Crippen molar-refractivity contribution in [2.24, 2.45) is 237 Å². The molecule has 20 rings (SSSR count). The molecule has 0 aromatic heterocycles. The number of hydrogen-bond donors (Lipinski definition) is 8. The Morgan fingerprint density at radius 3 is 0.722 bits per heavy atom. The second-order valence-electron chi connectivity index (χ2n) is 57.7. The number of aliphatic hydroxyl groups excluding tert-OH is 4. The average molecular weight is 1840 g/mol. The molecule has 20 fully saturated rings. The number of hydrogen-bond acceptors (Lipinski definition) is 11. The van der Waals surface area contributed by atoms with Gasteiger partial charge in [0.2, 0.25) is 5.91 Å². The van der Waals surface area contributed by atoms with E-state index in [1.54, 1.807) is 13.8 Å². The number of nitrogens with zero attached hydrogens (tertiary/aromatic N) is 1. The summed E-state index contributed by atoms with van der Waals surface area (Å²) in [5.74, 6) is 6.18. The molecule has 0 aliphatic heterocycles. The van der Waals surface area contributed by atoms with Crippen LogP contribution in [0.25, 0.3) is 0 Å². The summed E-state index contributed by atoms with van der Waals surface area (Å²) < 4.78 is 0. The molecule has 20 aliphatic carbocycles. The second kappa shape index (κ2) is 32.5. The van der Waals surface area contributed by atoms with Crippen LogP contribution in [0.15, 0.2) is 17.1 Å². The third-order valence-electron chi connectivity index (χ3n) is 54.0. The third-order valence-corrected chi connectivity index (χ3v) is 54.0. The smallest absolute Gasteiger partial charge is 0.309 e. The maximum Gasteiger partial charge on any atom is 0.309 e. The van der Waals surface area contributed by atoms with Crippen molar-refractivity contribution in [3.8, 4) is 0 Å². The summed E-state index contributed by atoms with van der Waals surface area (Å²) in [6, 6.07) is 0. The number of nitrogens with two attached hydrogens (primary N) is 1. The highest BCUT2D eigenvalue weighted by Gasteiger charge is 2.79. The lowest BCUT2D eigenvalue weighted by Gasteiger charge is -2.72. The van der Waals surface area contributed by atoms with E-state index in [9.17, 15) is 64.5 Å². The number of fused-ring (bicyclic) bond motifs is 28. The zero-order valence-electron chi connectivity index (χ0n) is 88.5. The first-order valence-corrected chi connectivity index (χ1v) is 55.4. The number of rotatable bonds is 8. The molecule has 16 unspecified atom stereocenters. The predicted molar refractivity (Wildman–Crippen MR) is 528 cm³/mol. The van der Waals surface area contributed by atoms with Gasteiger partial charge in [-0.1, -0.05) is 151 Å². The quantitative estimate of drug-likeness (QED) is 0.0830. The molecule has 0 saturated heterocycles. The van der Waals surface area contributed by atoms with Crippen LogP contribution in [-0.4, -0.2) is 108 Å². The summed E-state index contributed by atoms with van der Waals surface area (Å²) in [6.45, 7) is 61.1. The van der Waals surface area contributed by atoms with Crippen molar-refractivity contribution in [3.05, 3.63) is 12.2 Å². The second-order valence-corrected chi connectivity index (χ2v) is 57.7. The summed E-state index contributed by atoms with van der Waals surface area (Å²) in [5.41, 5.74) is 8.68. The lowest BCUT2D eigenvalue weighted by Crippen LogP contribution is -2.67. The number of carboxylic acid groups (broad SMARTS) is 3. The SMILES string of the molecule is C=C(C)[C@@H]1CC[C@]2(C(=O)O)CC[C@]3(C)C(CCC4[C@@]5(C)CC[C@H](O)C(C)(C)C5CC[C@]43C)C12.CC(=O)[C@@H]1CC[C@]2(C(=O)O)CC[C@]3(C)C(CCC4[C@@]5(C)CC[C@H](O)C(C)(C)C5CC[C@]43C)C12.CC(=O)[C@@H]1CC[C@]2(C(=O)O)CC[C@]3(C)C(CCC4[C@@]5(C)CC[C@H](O)C(C)(C)C5CC[C@]43C)C12.CN=C(C)[C@@H]1CC[C@]2(C(N)=O)CC[C@]3(C)C(CCC4[C@@]5(C)CC[C@H](O)C(C)(C)C5CC[C@]43C)C12. The van der Waals surface area contributed by atoms with Gasteiger partial charge >= 0.3 is 17.9 Å². The minimum Gasteiger partial charge on any atom is -0.481 e. The van der Waals surface area contributed by atoms with Gasteiger partial charge in [-0.3, -0.25) is 33.8 Å². The van der Waals surface area contributed by atoms with E-state index in [1.165, 1.54) is 75.5 Å². The highest BCUT2D eigenvalue weighted by atomic mass is 16.4. The Hall–Kier alpha value is -3.53. The minimum absolute atomic E-state index is 0.000765. The van der Waals surface area contributed by atoms with E-state index in [0.29, 0.717) is 102 Å². The summed E-state index contributed by atoms with van der Waals surface area (Å²) in [5, 5.41) is 74.9. The third kappa shape index (κ3) is 13.2. The van der Waals surface area contributed by atoms with Crippen molar-refractivity contribution in [2.45, 2.75) is 447 Å². The van der Waals surface area contributed by atoms with Gasteiger partial charge in [-0.25, -0.2) is 0 Å². The molecule has 0 aromatic rings. The molecular formula is C118H190N2O13. The van der Waals surface area contributed by atoms with Crippen LogP contribution in [0.2, 0.25) is 0 Å². The maximum absolute atomic E-state index is 13.1. The van der Waals surface area contributed by atoms with Crippen LogP contribution >= 0.6 is 0 Å².